The maximum absolute atomic E-state index is 13.3. The van der Waals surface area contributed by atoms with Gasteiger partial charge in [-0.2, -0.15) is 0 Å². The van der Waals surface area contributed by atoms with Gasteiger partial charge in [0.25, 0.3) is 0 Å². The summed E-state index contributed by atoms with van der Waals surface area (Å²) in [6.45, 7) is 12.6. The predicted octanol–water partition coefficient (Wildman–Crippen LogP) is 11.5. The van der Waals surface area contributed by atoms with Crippen LogP contribution < -0.4 is 14.4 Å². The van der Waals surface area contributed by atoms with Gasteiger partial charge in [0.2, 0.25) is 0 Å². The van der Waals surface area contributed by atoms with Crippen molar-refractivity contribution in [2.75, 3.05) is 31.8 Å². The number of rotatable bonds is 18. The Kier molecular flexibility index (Phi) is 16.7. The number of anilines is 1. The van der Waals surface area contributed by atoms with E-state index in [2.05, 4.69) is 75.5 Å². The summed E-state index contributed by atoms with van der Waals surface area (Å²) in [5.74, 6) is 0.619. The molecule has 0 heterocycles. The van der Waals surface area contributed by atoms with E-state index in [0.717, 1.165) is 73.7 Å². The lowest BCUT2D eigenvalue weighted by molar-refractivity contribution is -0.139. The Bertz CT molecular complexity index is 2160. The fourth-order valence-electron chi connectivity index (χ4n) is 6.39. The second kappa shape index (κ2) is 21.6. The smallest absolute Gasteiger partial charge is 0.333 e. The summed E-state index contributed by atoms with van der Waals surface area (Å²) in [6.07, 6.45) is 5.38. The van der Waals surface area contributed by atoms with E-state index in [9.17, 15) is 9.59 Å². The van der Waals surface area contributed by atoms with Gasteiger partial charge in [0.1, 0.15) is 18.2 Å². The van der Waals surface area contributed by atoms with Gasteiger partial charge in [-0.15, -0.1) is 12.6 Å². The number of hydrogen-bond acceptors (Lipinski definition) is 8. The number of ether oxygens (including phenoxy) is 3. The van der Waals surface area contributed by atoms with E-state index < -0.39 is 5.97 Å². The van der Waals surface area contributed by atoms with E-state index in [1.807, 2.05) is 85.7 Å². The van der Waals surface area contributed by atoms with Crippen molar-refractivity contribution in [3.05, 3.63) is 143 Å². The van der Waals surface area contributed by atoms with Gasteiger partial charge in [-0.3, -0.25) is 9.79 Å². The molecule has 0 aromatic heterocycles. The summed E-state index contributed by atoms with van der Waals surface area (Å²) in [4.78, 5) is 32.6. The van der Waals surface area contributed by atoms with Crippen LogP contribution in [0.15, 0.2) is 125 Å². The first kappa shape index (κ1) is 44.1. The van der Waals surface area contributed by atoms with E-state index >= 15 is 0 Å². The normalized spacial score (nSPS) is 10.8. The largest absolute Gasteiger partial charge is 0.493 e. The number of carbonyl (C=O) groups is 2. The molecule has 0 N–H and O–H groups in total. The third-order valence-corrected chi connectivity index (χ3v) is 9.92. The fourth-order valence-corrected chi connectivity index (χ4v) is 6.72. The molecule has 0 fully saturated rings. The molecule has 8 heteroatoms. The minimum atomic E-state index is -0.393. The molecule has 0 atom stereocenters. The summed E-state index contributed by atoms with van der Waals surface area (Å²) in [7, 11) is 1.99. The first-order chi connectivity index (χ1) is 27.0. The molecule has 0 saturated heterocycles. The number of aliphatic imine (C=N–C) groups is 1. The lowest BCUT2D eigenvalue weighted by atomic mass is 9.91. The molecular formula is C49H56N2O5S. The molecular weight excluding hydrogens is 729 g/mol. The van der Waals surface area contributed by atoms with Crippen LogP contribution in [0.1, 0.15) is 68.4 Å². The number of carbonyl (C=O) groups excluding carboxylic acids is 2. The minimum absolute atomic E-state index is 0. The number of esters is 2. The van der Waals surface area contributed by atoms with Crippen molar-refractivity contribution in [3.8, 4) is 33.8 Å². The standard InChI is InChI=1S/C48H52N2O5S.CH4/c1-7-11-36-14-16-37(17-15-36)40-21-26-45(34(4)30-40)55-47(51)27-22-39-20-25-42(35(5)43(39)31-49-32-50(6)44-12-8-9-13-46(44)56)38-18-23-41(24-19-38)53-28-10-29-54-48(52)33(2)3;/h8-9,12-21,23-26,30-31,56H,2,7,10-11,22,27-29,32H2,1,3-6H3;1H4/b49-31+;. The third-order valence-electron chi connectivity index (χ3n) is 9.54. The Balaban J connectivity index is 0.00000720. The van der Waals surface area contributed by atoms with Crippen LogP contribution in [-0.4, -0.2) is 45.1 Å². The molecule has 5 aromatic carbocycles. The maximum atomic E-state index is 13.3. The van der Waals surface area contributed by atoms with Crippen molar-refractivity contribution in [1.29, 1.82) is 0 Å². The quantitative estimate of drug-likeness (QED) is 0.0238. The molecule has 0 unspecified atom stereocenters. The Morgan fingerprint density at radius 3 is 2.25 bits per heavy atom. The number of hydrogen-bond donors (Lipinski definition) is 1. The van der Waals surface area contributed by atoms with Crippen LogP contribution in [0.25, 0.3) is 22.3 Å². The van der Waals surface area contributed by atoms with Crippen molar-refractivity contribution in [2.45, 2.75) is 72.1 Å². The van der Waals surface area contributed by atoms with Gasteiger partial charge in [0, 0.05) is 30.2 Å². The number of nitrogens with zero attached hydrogens (tertiary/aromatic N) is 2. The van der Waals surface area contributed by atoms with Crippen molar-refractivity contribution < 1.29 is 23.8 Å². The Morgan fingerprint density at radius 1 is 0.860 bits per heavy atom. The average molecular weight is 785 g/mol. The highest BCUT2D eigenvalue weighted by atomic mass is 32.1. The number of thiol groups is 1. The van der Waals surface area contributed by atoms with Crippen LogP contribution in [0.4, 0.5) is 5.69 Å². The van der Waals surface area contributed by atoms with Crippen molar-refractivity contribution in [2.24, 2.45) is 4.99 Å². The molecule has 0 bridgehead atoms. The van der Waals surface area contributed by atoms with Crippen molar-refractivity contribution in [1.82, 2.24) is 0 Å². The van der Waals surface area contributed by atoms with Gasteiger partial charge in [-0.05, 0) is 120 Å². The molecule has 0 amide bonds. The van der Waals surface area contributed by atoms with Crippen LogP contribution in [0.2, 0.25) is 0 Å². The molecule has 0 spiro atoms. The van der Waals surface area contributed by atoms with E-state index in [-0.39, 0.29) is 26.4 Å². The molecule has 0 saturated carbocycles. The first-order valence-electron chi connectivity index (χ1n) is 19.1. The Morgan fingerprint density at radius 2 is 1.56 bits per heavy atom. The SMILES string of the molecule is C.C=C(C)C(=O)OCCCOc1ccc(-c2ccc(CCC(=O)Oc3ccc(-c4ccc(CCC)cc4)cc3C)c(/C=N/CN(C)c3ccccc3S)c2C)cc1. The van der Waals surface area contributed by atoms with E-state index in [1.165, 1.54) is 5.56 Å². The molecule has 0 aliphatic heterocycles. The molecule has 0 aliphatic carbocycles. The second-order valence-corrected chi connectivity index (χ2v) is 14.5. The average Bonchev–Trinajstić information content (AvgIpc) is 3.19. The zero-order valence-electron chi connectivity index (χ0n) is 33.1. The monoisotopic (exact) mass is 784 g/mol. The molecule has 57 heavy (non-hydrogen) atoms. The van der Waals surface area contributed by atoms with Gasteiger partial charge in [0.15, 0.2) is 0 Å². The van der Waals surface area contributed by atoms with Crippen LogP contribution >= 0.6 is 12.6 Å². The number of aryl methyl sites for hydroxylation is 3. The van der Waals surface area contributed by atoms with Gasteiger partial charge in [-0.1, -0.05) is 94.1 Å². The summed E-state index contributed by atoms with van der Waals surface area (Å²) in [5, 5.41) is 0. The van der Waals surface area contributed by atoms with Crippen LogP contribution in [-0.2, 0) is 27.2 Å². The minimum Gasteiger partial charge on any atom is -0.493 e. The number of benzene rings is 5. The summed E-state index contributed by atoms with van der Waals surface area (Å²) in [5.41, 5.74) is 11.0. The van der Waals surface area contributed by atoms with Crippen molar-refractivity contribution >= 4 is 36.5 Å². The molecule has 0 radical (unpaired) electrons. The van der Waals surface area contributed by atoms with Crippen LogP contribution in [0, 0.1) is 13.8 Å². The maximum Gasteiger partial charge on any atom is 0.333 e. The van der Waals surface area contributed by atoms with Crippen molar-refractivity contribution in [3.63, 3.8) is 0 Å². The van der Waals surface area contributed by atoms with E-state index in [0.29, 0.717) is 37.4 Å². The first-order valence-corrected chi connectivity index (χ1v) is 19.6. The Hall–Kier alpha value is -5.60. The lowest BCUT2D eigenvalue weighted by Crippen LogP contribution is -2.17. The highest BCUT2D eigenvalue weighted by Crippen LogP contribution is 2.31. The predicted molar refractivity (Wildman–Crippen MR) is 238 cm³/mol. The van der Waals surface area contributed by atoms with Gasteiger partial charge < -0.3 is 19.1 Å². The van der Waals surface area contributed by atoms with E-state index in [1.54, 1.807) is 6.92 Å². The lowest BCUT2D eigenvalue weighted by Gasteiger charge is -2.19. The summed E-state index contributed by atoms with van der Waals surface area (Å²) in [6, 6.07) is 34.7. The molecule has 5 aromatic rings. The van der Waals surface area contributed by atoms with Gasteiger partial charge in [-0.25, -0.2) is 4.79 Å². The molecule has 5 rings (SSSR count). The second-order valence-electron chi connectivity index (χ2n) is 14.0. The van der Waals surface area contributed by atoms with Crippen LogP contribution in [0.3, 0.4) is 0 Å². The fraction of sp³-hybridized carbons (Fsp3) is 0.286. The molecule has 0 aliphatic rings. The number of para-hydroxylation sites is 1. The molecule has 7 nitrogen and oxygen atoms in total. The van der Waals surface area contributed by atoms with Gasteiger partial charge >= 0.3 is 11.9 Å². The zero-order chi connectivity index (χ0) is 40.0. The zero-order valence-corrected chi connectivity index (χ0v) is 34.0. The highest BCUT2D eigenvalue weighted by Gasteiger charge is 2.15. The molecule has 298 valence electrons. The third kappa shape index (κ3) is 12.4. The van der Waals surface area contributed by atoms with Gasteiger partial charge in [0.05, 0.1) is 25.3 Å². The highest BCUT2D eigenvalue weighted by molar-refractivity contribution is 7.80. The summed E-state index contributed by atoms with van der Waals surface area (Å²) < 4.78 is 16.9. The van der Waals surface area contributed by atoms with Crippen LogP contribution in [0.5, 0.6) is 11.5 Å². The Labute approximate surface area is 344 Å². The summed E-state index contributed by atoms with van der Waals surface area (Å²) >= 11 is 4.62. The van der Waals surface area contributed by atoms with E-state index in [4.69, 9.17) is 19.2 Å². The topological polar surface area (TPSA) is 77.4 Å².